The Bertz CT molecular complexity index is 782. The van der Waals surface area contributed by atoms with E-state index in [4.69, 9.17) is 13.0 Å². The lowest BCUT2D eigenvalue weighted by molar-refractivity contribution is -0.137. The first kappa shape index (κ1) is 26.1. The van der Waals surface area contributed by atoms with Crippen LogP contribution in [0.4, 0.5) is 0 Å². The van der Waals surface area contributed by atoms with Crippen LogP contribution in [0.3, 0.4) is 0 Å². The number of aryl methyl sites for hydroxylation is 2. The maximum absolute atomic E-state index is 12.4. The summed E-state index contributed by atoms with van der Waals surface area (Å²) < 4.78 is 1.14. The maximum Gasteiger partial charge on any atom is 0.303 e. The molecule has 0 saturated heterocycles. The van der Waals surface area contributed by atoms with Gasteiger partial charge in [-0.05, 0) is 73.4 Å². The van der Waals surface area contributed by atoms with Crippen LogP contribution in [0.25, 0.3) is 0 Å². The average molecular weight is 507 g/mol. The maximum atomic E-state index is 12.4. The molecule has 0 bridgehead atoms. The number of carboxylic acids is 1. The standard InChI is InChI=1S/C24H32BBrO4S/c1-16-22(26)14-19(31-16)8-6-7-18(27)11-12-20-17(15-25)13-23(28)21(20)9-4-2-3-5-10-24(29)30/h2,4,12,14,17,21,23,28H,3,5-11,13,15H2,1H3,(H,29,30)/t17-,21+,23?/m0/s1. The predicted octanol–water partition coefficient (Wildman–Crippen LogP) is 5.81. The Morgan fingerprint density at radius 3 is 2.71 bits per heavy atom. The van der Waals surface area contributed by atoms with Crippen molar-refractivity contribution in [2.24, 2.45) is 11.8 Å². The first-order valence-corrected chi connectivity index (χ1v) is 12.6. The van der Waals surface area contributed by atoms with E-state index in [9.17, 15) is 14.7 Å². The third-order valence-electron chi connectivity index (χ3n) is 5.85. The number of carboxylic acid groups (broad SMARTS) is 1. The number of unbranched alkanes of at least 4 members (excludes halogenated alkanes) is 1. The van der Waals surface area contributed by atoms with E-state index in [2.05, 4.69) is 28.9 Å². The van der Waals surface area contributed by atoms with Gasteiger partial charge in [0.05, 0.1) is 14.0 Å². The highest BCUT2D eigenvalue weighted by Gasteiger charge is 2.35. The minimum Gasteiger partial charge on any atom is -0.481 e. The Labute approximate surface area is 199 Å². The molecule has 4 nitrogen and oxygen atoms in total. The number of aliphatic hydroxyl groups excluding tert-OH is 1. The van der Waals surface area contributed by atoms with Crippen molar-refractivity contribution in [3.05, 3.63) is 44.1 Å². The molecule has 1 unspecified atom stereocenters. The third kappa shape index (κ3) is 8.70. The fraction of sp³-hybridized carbons (Fsp3) is 0.583. The minimum absolute atomic E-state index is 0.0106. The van der Waals surface area contributed by atoms with E-state index in [1.807, 2.05) is 18.2 Å². The third-order valence-corrected chi connectivity index (χ3v) is 8.04. The summed E-state index contributed by atoms with van der Waals surface area (Å²) in [4.78, 5) is 25.6. The van der Waals surface area contributed by atoms with Gasteiger partial charge in [-0.15, -0.1) is 11.3 Å². The van der Waals surface area contributed by atoms with Crippen molar-refractivity contribution >= 4 is 46.9 Å². The fourth-order valence-electron chi connectivity index (χ4n) is 4.13. The molecule has 1 aromatic heterocycles. The van der Waals surface area contributed by atoms with Gasteiger partial charge in [0.15, 0.2) is 0 Å². The predicted molar refractivity (Wildman–Crippen MR) is 131 cm³/mol. The van der Waals surface area contributed by atoms with Crippen LogP contribution in [-0.2, 0) is 16.0 Å². The number of rotatable bonds is 13. The van der Waals surface area contributed by atoms with Crippen molar-refractivity contribution in [3.8, 4) is 0 Å². The summed E-state index contributed by atoms with van der Waals surface area (Å²) in [7, 11) is 5.92. The van der Waals surface area contributed by atoms with Gasteiger partial charge in [0.25, 0.3) is 0 Å². The molecule has 1 heterocycles. The Morgan fingerprint density at radius 2 is 2.06 bits per heavy atom. The summed E-state index contributed by atoms with van der Waals surface area (Å²) >= 11 is 5.30. The fourth-order valence-corrected chi connectivity index (χ4v) is 5.77. The summed E-state index contributed by atoms with van der Waals surface area (Å²) in [6.45, 7) is 2.08. The number of ketones is 1. The van der Waals surface area contributed by atoms with Gasteiger partial charge >= 0.3 is 5.97 Å². The molecule has 31 heavy (non-hydrogen) atoms. The van der Waals surface area contributed by atoms with Gasteiger partial charge in [-0.3, -0.25) is 9.59 Å². The van der Waals surface area contributed by atoms with E-state index in [1.54, 1.807) is 11.3 Å². The summed E-state index contributed by atoms with van der Waals surface area (Å²) in [6, 6.07) is 2.14. The Balaban J connectivity index is 1.84. The number of carbonyl (C=O) groups excluding carboxylic acids is 1. The molecule has 0 spiro atoms. The second kappa shape index (κ2) is 13.4. The zero-order valence-electron chi connectivity index (χ0n) is 18.2. The number of halogens is 1. The van der Waals surface area contributed by atoms with Crippen LogP contribution in [0, 0.1) is 18.8 Å². The molecule has 1 aliphatic carbocycles. The second-order valence-corrected chi connectivity index (χ2v) is 10.4. The van der Waals surface area contributed by atoms with Gasteiger partial charge in [0.1, 0.15) is 5.78 Å². The highest BCUT2D eigenvalue weighted by Crippen LogP contribution is 2.41. The first-order chi connectivity index (χ1) is 14.8. The number of thiophene rings is 1. The molecule has 1 aliphatic rings. The van der Waals surface area contributed by atoms with Crippen LogP contribution in [0.1, 0.15) is 61.1 Å². The summed E-state index contributed by atoms with van der Waals surface area (Å²) in [6.07, 6.45) is 11.6. The van der Waals surface area contributed by atoms with Gasteiger partial charge in [0, 0.05) is 39.4 Å². The highest BCUT2D eigenvalue weighted by molar-refractivity contribution is 9.10. The number of aliphatic carboxylic acids is 1. The Morgan fingerprint density at radius 1 is 1.29 bits per heavy atom. The quantitative estimate of drug-likeness (QED) is 0.201. The molecule has 1 saturated carbocycles. The minimum atomic E-state index is -0.779. The normalized spacial score (nSPS) is 22.5. The van der Waals surface area contributed by atoms with E-state index in [0.717, 1.165) is 22.9 Å². The SMILES string of the molecule is [B]C[C@@H]1CC(O)[C@H](CC=CCCCC(=O)O)C1=CCC(=O)CCCc1cc(Br)c(C)s1. The van der Waals surface area contributed by atoms with Crippen molar-refractivity contribution in [2.45, 2.75) is 77.1 Å². The number of hydrogen-bond acceptors (Lipinski definition) is 4. The molecule has 2 rings (SSSR count). The molecule has 2 radical (unpaired) electrons. The van der Waals surface area contributed by atoms with Crippen LogP contribution in [0.15, 0.2) is 34.3 Å². The van der Waals surface area contributed by atoms with E-state index in [0.29, 0.717) is 44.8 Å². The Hall–Kier alpha value is -1.18. The lowest BCUT2D eigenvalue weighted by Crippen LogP contribution is -2.13. The smallest absolute Gasteiger partial charge is 0.303 e. The molecule has 0 amide bonds. The van der Waals surface area contributed by atoms with E-state index in [1.165, 1.54) is 9.75 Å². The van der Waals surface area contributed by atoms with Crippen molar-refractivity contribution in [1.82, 2.24) is 0 Å². The van der Waals surface area contributed by atoms with E-state index in [-0.39, 0.29) is 24.0 Å². The molecular weight excluding hydrogens is 475 g/mol. The van der Waals surface area contributed by atoms with Crippen molar-refractivity contribution in [2.75, 3.05) is 0 Å². The molecule has 168 valence electrons. The molecule has 0 aliphatic heterocycles. The Kier molecular flexibility index (Phi) is 11.3. The largest absolute Gasteiger partial charge is 0.481 e. The van der Waals surface area contributed by atoms with Gasteiger partial charge in [-0.25, -0.2) is 0 Å². The first-order valence-electron chi connectivity index (χ1n) is 11.0. The van der Waals surface area contributed by atoms with Gasteiger partial charge in [-0.2, -0.15) is 0 Å². The van der Waals surface area contributed by atoms with E-state index >= 15 is 0 Å². The number of hydrogen-bond donors (Lipinski definition) is 2. The molecular formula is C24H32BBrO4S. The summed E-state index contributed by atoms with van der Waals surface area (Å²) in [5.74, 6) is -0.443. The average Bonchev–Trinajstić information content (AvgIpc) is 3.20. The molecule has 0 aromatic carbocycles. The van der Waals surface area contributed by atoms with Crippen molar-refractivity contribution in [1.29, 1.82) is 0 Å². The van der Waals surface area contributed by atoms with Gasteiger partial charge in [0.2, 0.25) is 0 Å². The number of allylic oxidation sites excluding steroid dienone is 3. The molecule has 3 atom stereocenters. The van der Waals surface area contributed by atoms with Gasteiger partial charge < -0.3 is 10.2 Å². The van der Waals surface area contributed by atoms with Crippen LogP contribution in [0.2, 0.25) is 6.32 Å². The number of Topliss-reactive ketones (excluding diaryl/α,β-unsaturated/α-hetero) is 1. The van der Waals surface area contributed by atoms with Crippen molar-refractivity contribution < 1.29 is 19.8 Å². The van der Waals surface area contributed by atoms with Crippen LogP contribution in [0.5, 0.6) is 0 Å². The number of aliphatic hydroxyl groups is 1. The van der Waals surface area contributed by atoms with Crippen LogP contribution in [-0.4, -0.2) is 35.9 Å². The zero-order chi connectivity index (χ0) is 22.8. The highest BCUT2D eigenvalue weighted by atomic mass is 79.9. The second-order valence-electron chi connectivity index (χ2n) is 8.25. The summed E-state index contributed by atoms with van der Waals surface area (Å²) in [5, 5.41) is 19.2. The monoisotopic (exact) mass is 506 g/mol. The number of carbonyl (C=O) groups is 2. The lowest BCUT2D eigenvalue weighted by Gasteiger charge is -2.16. The molecule has 7 heteroatoms. The van der Waals surface area contributed by atoms with Gasteiger partial charge in [-0.1, -0.05) is 30.1 Å². The zero-order valence-corrected chi connectivity index (χ0v) is 20.6. The summed E-state index contributed by atoms with van der Waals surface area (Å²) in [5.41, 5.74) is 1.11. The molecule has 2 N–H and O–H groups in total. The van der Waals surface area contributed by atoms with Crippen LogP contribution < -0.4 is 0 Å². The topological polar surface area (TPSA) is 74.6 Å². The molecule has 1 fully saturated rings. The van der Waals surface area contributed by atoms with E-state index < -0.39 is 12.1 Å². The van der Waals surface area contributed by atoms with Crippen molar-refractivity contribution in [3.63, 3.8) is 0 Å². The lowest BCUT2D eigenvalue weighted by atomic mass is 9.84. The molecule has 1 aromatic rings. The van der Waals surface area contributed by atoms with Crippen LogP contribution >= 0.6 is 27.3 Å².